The highest BCUT2D eigenvalue weighted by Crippen LogP contribution is 2.44. The first kappa shape index (κ1) is 53.2. The summed E-state index contributed by atoms with van der Waals surface area (Å²) in [6.45, 7) is 7.74. The zero-order chi connectivity index (χ0) is 50.0. The number of carbonyl (C=O) groups is 7. The number of fused-ring (bicyclic) bond motifs is 3. The number of carboxylic acid groups (broad SMARTS) is 1. The highest BCUT2D eigenvalue weighted by Gasteiger charge is 2.35. The van der Waals surface area contributed by atoms with E-state index < -0.39 is 77.8 Å². The molecule has 0 unspecified atom stereocenters. The van der Waals surface area contributed by atoms with Crippen LogP contribution in [-0.2, 0) is 46.3 Å². The van der Waals surface area contributed by atoms with Gasteiger partial charge in [0.2, 0.25) is 29.5 Å². The fourth-order valence-corrected chi connectivity index (χ4v) is 8.39. The number of aromatic nitrogens is 4. The van der Waals surface area contributed by atoms with Crippen LogP contribution < -0.4 is 37.6 Å². The van der Waals surface area contributed by atoms with E-state index in [1.807, 2.05) is 76.2 Å². The highest BCUT2D eigenvalue weighted by atomic mass is 32.1. The van der Waals surface area contributed by atoms with Crippen LogP contribution >= 0.6 is 12.6 Å². The molecule has 21 heteroatoms. The molecule has 1 aliphatic rings. The van der Waals surface area contributed by atoms with Gasteiger partial charge in [-0.3, -0.25) is 24.0 Å². The molecule has 6 amide bonds. The first-order valence-corrected chi connectivity index (χ1v) is 23.8. The van der Waals surface area contributed by atoms with E-state index in [2.05, 4.69) is 64.5 Å². The molecule has 0 saturated carbocycles. The number of rotatable bonds is 27. The van der Waals surface area contributed by atoms with Crippen LogP contribution in [0.2, 0.25) is 0 Å². The van der Waals surface area contributed by atoms with Crippen molar-refractivity contribution in [1.82, 2.24) is 51.8 Å². The lowest BCUT2D eigenvalue weighted by atomic mass is 9.98. The van der Waals surface area contributed by atoms with Gasteiger partial charge in [-0.05, 0) is 72.7 Å². The van der Waals surface area contributed by atoms with Crippen LogP contribution in [0.3, 0.4) is 0 Å². The largest absolute Gasteiger partial charge is 0.480 e. The molecule has 2 aromatic heterocycles. The summed E-state index contributed by atoms with van der Waals surface area (Å²) in [7, 11) is 0. The minimum atomic E-state index is -1.32. The Balaban J connectivity index is 1.27. The average Bonchev–Trinajstić information content (AvgIpc) is 4.10. The number of carbonyl (C=O) groups excluding carboxylic acids is 6. The third kappa shape index (κ3) is 15.6. The topological polar surface area (TPSA) is 305 Å². The molecule has 0 fully saturated rings. The summed E-state index contributed by atoms with van der Waals surface area (Å²) in [5.41, 5.74) is 10.6. The summed E-state index contributed by atoms with van der Waals surface area (Å²) < 4.78 is 5.66. The highest BCUT2D eigenvalue weighted by molar-refractivity contribution is 7.80. The molecule has 6 atom stereocenters. The van der Waals surface area contributed by atoms with Crippen molar-refractivity contribution in [2.24, 2.45) is 17.6 Å². The van der Waals surface area contributed by atoms with Crippen LogP contribution in [-0.4, -0.2) is 122 Å². The maximum Gasteiger partial charge on any atom is 0.407 e. The van der Waals surface area contributed by atoms with Gasteiger partial charge in [0.25, 0.3) is 0 Å². The fourth-order valence-electron chi connectivity index (χ4n) is 8.14. The summed E-state index contributed by atoms with van der Waals surface area (Å²) in [5.74, 6) is -5.54. The second-order valence-electron chi connectivity index (χ2n) is 17.9. The maximum absolute atomic E-state index is 14.3. The van der Waals surface area contributed by atoms with Crippen molar-refractivity contribution in [3.8, 4) is 11.1 Å². The van der Waals surface area contributed by atoms with E-state index in [4.69, 9.17) is 10.5 Å². The smallest absolute Gasteiger partial charge is 0.407 e. The first-order valence-electron chi connectivity index (χ1n) is 23.2. The van der Waals surface area contributed by atoms with Gasteiger partial charge in [0.05, 0.1) is 24.0 Å². The molecule has 0 saturated heterocycles. The van der Waals surface area contributed by atoms with Crippen molar-refractivity contribution in [2.75, 3.05) is 18.9 Å². The fraction of sp³-hybridized carbons (Fsp3) is 0.479. The Labute approximate surface area is 406 Å². The van der Waals surface area contributed by atoms with Crippen molar-refractivity contribution in [1.29, 1.82) is 0 Å². The Bertz CT molecular complexity index is 2300. The second-order valence-corrected chi connectivity index (χ2v) is 18.3. The van der Waals surface area contributed by atoms with Crippen LogP contribution in [0, 0.1) is 11.8 Å². The number of nitrogens with one attached hydrogen (secondary N) is 8. The van der Waals surface area contributed by atoms with Gasteiger partial charge in [0.15, 0.2) is 0 Å². The summed E-state index contributed by atoms with van der Waals surface area (Å²) in [6, 6.07) is 8.33. The number of hydrogen-bond acceptors (Lipinski definition) is 12. The lowest BCUT2D eigenvalue weighted by Gasteiger charge is -2.28. The Morgan fingerprint density at radius 3 is 1.49 bits per heavy atom. The standard InChI is InChI=1S/C48H65N11O9S/c1-27(2)17-37(42(60)57-39(19-29-21-50-25-52-29)44(62)54-36(47(65)66)15-9-10-16-49)55-45(63)40(20-30-22-51-26-53-30)58-43(61)38(18-28(3)4)56-46(64)41(24-69)59-48(67)68-23-35-33-13-7-5-11-31(33)32-12-6-8-14-34(32)35/h5-8,11-14,21-22,25-28,35-41,69H,9-10,15-20,23-24,49H2,1-4H3,(H,50,52)(H,51,53)(H,54,62)(H,55,63)(H,56,64)(H,57,60)(H,58,61)(H,59,67)(H,65,66)/t36-,37-,38-,39-,40-,41-/m0/s1. The Kier molecular flexibility index (Phi) is 20.2. The number of amides is 6. The van der Waals surface area contributed by atoms with Gasteiger partial charge in [-0.1, -0.05) is 76.2 Å². The number of benzene rings is 2. The van der Waals surface area contributed by atoms with E-state index in [-0.39, 0.29) is 62.2 Å². The van der Waals surface area contributed by atoms with E-state index in [1.54, 1.807) is 6.20 Å². The van der Waals surface area contributed by atoms with Crippen LogP contribution in [0.15, 0.2) is 73.6 Å². The van der Waals surface area contributed by atoms with Crippen molar-refractivity contribution >= 4 is 54.2 Å². The molecule has 5 rings (SSSR count). The molecule has 11 N–H and O–H groups in total. The number of thiol groups is 1. The summed E-state index contributed by atoms with van der Waals surface area (Å²) in [4.78, 5) is 109. The maximum atomic E-state index is 14.3. The molecule has 20 nitrogen and oxygen atoms in total. The van der Waals surface area contributed by atoms with Gasteiger partial charge in [-0.25, -0.2) is 19.6 Å². The summed E-state index contributed by atoms with van der Waals surface area (Å²) in [5, 5.41) is 25.9. The number of H-pyrrole nitrogens is 2. The molecule has 4 aromatic rings. The monoisotopic (exact) mass is 971 g/mol. The lowest BCUT2D eigenvalue weighted by Crippen LogP contribution is -2.60. The van der Waals surface area contributed by atoms with Gasteiger partial charge >= 0.3 is 12.1 Å². The number of unbranched alkanes of at least 4 members (excludes halogenated alkanes) is 1. The Morgan fingerprint density at radius 1 is 0.638 bits per heavy atom. The van der Waals surface area contributed by atoms with E-state index in [9.17, 15) is 38.7 Å². The van der Waals surface area contributed by atoms with Crippen LogP contribution in [0.5, 0.6) is 0 Å². The minimum Gasteiger partial charge on any atom is -0.480 e. The van der Waals surface area contributed by atoms with Gasteiger partial charge < -0.3 is 57.4 Å². The number of hydrogen-bond donors (Lipinski definition) is 11. The number of aliphatic carboxylic acids is 1. The molecule has 0 radical (unpaired) electrons. The number of alkyl carbamates (subject to hydrolysis) is 1. The molecule has 372 valence electrons. The van der Waals surface area contributed by atoms with Crippen molar-refractivity contribution in [2.45, 2.75) is 115 Å². The number of ether oxygens (including phenoxy) is 1. The number of carboxylic acids is 1. The predicted octanol–water partition coefficient (Wildman–Crippen LogP) is 2.48. The first-order chi connectivity index (χ1) is 33.1. The molecular formula is C48H65N11O9S. The number of imidazole rings is 2. The average molecular weight is 972 g/mol. The lowest BCUT2D eigenvalue weighted by molar-refractivity contribution is -0.142. The summed E-state index contributed by atoms with van der Waals surface area (Å²) in [6.07, 6.45) is 6.19. The van der Waals surface area contributed by atoms with Gasteiger partial charge in [0.1, 0.15) is 42.9 Å². The van der Waals surface area contributed by atoms with Crippen molar-refractivity contribution < 1.29 is 43.4 Å². The predicted molar refractivity (Wildman–Crippen MR) is 260 cm³/mol. The number of aromatic amines is 2. The molecule has 0 aliphatic heterocycles. The Hall–Kier alpha value is -6.74. The molecule has 2 aromatic carbocycles. The molecule has 1 aliphatic carbocycles. The van der Waals surface area contributed by atoms with Gasteiger partial charge in [0, 0.05) is 36.9 Å². The minimum absolute atomic E-state index is 0.0163. The normalized spacial score (nSPS) is 14.6. The molecule has 0 bridgehead atoms. The van der Waals surface area contributed by atoms with Crippen LogP contribution in [0.4, 0.5) is 4.79 Å². The summed E-state index contributed by atoms with van der Waals surface area (Å²) >= 11 is 4.32. The van der Waals surface area contributed by atoms with E-state index in [0.29, 0.717) is 30.8 Å². The van der Waals surface area contributed by atoms with E-state index in [1.165, 1.54) is 18.9 Å². The van der Waals surface area contributed by atoms with Crippen LogP contribution in [0.25, 0.3) is 11.1 Å². The Morgan fingerprint density at radius 2 is 1.07 bits per heavy atom. The molecule has 0 spiro atoms. The van der Waals surface area contributed by atoms with Crippen molar-refractivity contribution in [3.63, 3.8) is 0 Å². The van der Waals surface area contributed by atoms with Crippen molar-refractivity contribution in [3.05, 3.63) is 96.1 Å². The second kappa shape index (κ2) is 26.1. The zero-order valence-corrected chi connectivity index (χ0v) is 40.2. The van der Waals surface area contributed by atoms with Crippen LogP contribution in [0.1, 0.15) is 88.2 Å². The zero-order valence-electron chi connectivity index (χ0n) is 39.3. The third-order valence-corrected chi connectivity index (χ3v) is 11.9. The molecule has 2 heterocycles. The quantitative estimate of drug-likeness (QED) is 0.0304. The van der Waals surface area contributed by atoms with E-state index >= 15 is 0 Å². The number of nitrogens with two attached hydrogens (primary N) is 1. The van der Waals surface area contributed by atoms with E-state index in [0.717, 1.165) is 22.3 Å². The molecule has 69 heavy (non-hydrogen) atoms. The molecular weight excluding hydrogens is 907 g/mol. The van der Waals surface area contributed by atoms with Gasteiger partial charge in [-0.15, -0.1) is 0 Å². The van der Waals surface area contributed by atoms with Gasteiger partial charge in [-0.2, -0.15) is 12.6 Å². The SMILES string of the molecule is CC(C)C[C@H](NC(=O)[C@H](CS)NC(=O)OCC1c2ccccc2-c2ccccc21)C(=O)N[C@@H](Cc1c[nH]cn1)C(=O)N[C@@H](CC(C)C)C(=O)N[C@@H](Cc1c[nH]cn1)C(=O)N[C@@H](CCCCN)C(=O)O. The third-order valence-electron chi connectivity index (χ3n) is 11.6. The number of nitrogens with zero attached hydrogens (tertiary/aromatic N) is 2.